The van der Waals surface area contributed by atoms with Crippen LogP contribution in [0.3, 0.4) is 0 Å². The predicted molar refractivity (Wildman–Crippen MR) is 136 cm³/mol. The van der Waals surface area contributed by atoms with E-state index in [0.717, 1.165) is 19.5 Å². The number of pyridine rings is 2. The zero-order valence-corrected chi connectivity index (χ0v) is 18.7. The Morgan fingerprint density at radius 1 is 0.758 bits per heavy atom. The van der Waals surface area contributed by atoms with E-state index < -0.39 is 0 Å². The van der Waals surface area contributed by atoms with Gasteiger partial charge >= 0.3 is 0 Å². The summed E-state index contributed by atoms with van der Waals surface area (Å²) in [6, 6.07) is 21.8. The van der Waals surface area contributed by atoms with Crippen molar-refractivity contribution in [3.63, 3.8) is 0 Å². The van der Waals surface area contributed by atoms with Crippen molar-refractivity contribution in [3.05, 3.63) is 107 Å². The van der Waals surface area contributed by atoms with Crippen LogP contribution in [-0.2, 0) is 18.6 Å². The van der Waals surface area contributed by atoms with Gasteiger partial charge in [-0.15, -0.1) is 0 Å². The molecule has 0 bridgehead atoms. The highest BCUT2D eigenvalue weighted by atomic mass is 15.0. The highest BCUT2D eigenvalue weighted by Gasteiger charge is 2.30. The first-order chi connectivity index (χ1) is 16.2. The third-order valence-electron chi connectivity index (χ3n) is 6.93. The van der Waals surface area contributed by atoms with Gasteiger partial charge in [0.2, 0.25) is 0 Å². The zero-order chi connectivity index (χ0) is 22.3. The molecule has 0 amide bonds. The molecule has 1 aliphatic carbocycles. The van der Waals surface area contributed by atoms with Crippen molar-refractivity contribution >= 4 is 33.3 Å². The van der Waals surface area contributed by atoms with E-state index in [1.807, 2.05) is 24.8 Å². The molecule has 1 atom stereocenters. The lowest BCUT2D eigenvalue weighted by Crippen LogP contribution is -2.41. The fourth-order valence-electron chi connectivity index (χ4n) is 5.05. The van der Waals surface area contributed by atoms with Gasteiger partial charge in [0.25, 0.3) is 0 Å². The van der Waals surface area contributed by atoms with Gasteiger partial charge in [-0.1, -0.05) is 36.4 Å². The summed E-state index contributed by atoms with van der Waals surface area (Å²) >= 11 is 0. The van der Waals surface area contributed by atoms with Crippen LogP contribution in [0.25, 0.3) is 27.6 Å². The largest absolute Gasteiger partial charge is 0.380 e. The first-order valence-corrected chi connectivity index (χ1v) is 11.5. The fourth-order valence-corrected chi connectivity index (χ4v) is 5.05. The Kier molecular flexibility index (Phi) is 4.81. The van der Waals surface area contributed by atoms with Crippen molar-refractivity contribution in [1.82, 2.24) is 15.3 Å². The molecule has 4 heteroatoms. The van der Waals surface area contributed by atoms with Crippen LogP contribution in [0, 0.1) is 0 Å². The first kappa shape index (κ1) is 19.9. The van der Waals surface area contributed by atoms with E-state index in [2.05, 4.69) is 94.3 Å². The number of aromatic nitrogens is 2. The Balaban J connectivity index is 1.42. The summed E-state index contributed by atoms with van der Waals surface area (Å²) in [5.74, 6) is 0. The van der Waals surface area contributed by atoms with E-state index in [1.54, 1.807) is 0 Å². The first-order valence-electron chi connectivity index (χ1n) is 11.5. The van der Waals surface area contributed by atoms with Crippen molar-refractivity contribution in [2.24, 2.45) is 0 Å². The van der Waals surface area contributed by atoms with Crippen LogP contribution in [0.2, 0.25) is 0 Å². The second-order valence-electron chi connectivity index (χ2n) is 9.06. The molecule has 6 rings (SSSR count). The van der Waals surface area contributed by atoms with Gasteiger partial charge in [0, 0.05) is 54.5 Å². The van der Waals surface area contributed by atoms with Gasteiger partial charge in [0.15, 0.2) is 0 Å². The summed E-state index contributed by atoms with van der Waals surface area (Å²) in [6.07, 6.45) is 10.7. The lowest BCUT2D eigenvalue weighted by molar-refractivity contribution is 0.375. The monoisotopic (exact) mass is 430 g/mol. The number of nitrogens with one attached hydrogen (secondary N) is 2. The van der Waals surface area contributed by atoms with Crippen LogP contribution in [0.15, 0.2) is 85.5 Å². The minimum atomic E-state index is -0.126. The van der Waals surface area contributed by atoms with Crippen LogP contribution in [0.4, 0.5) is 5.69 Å². The van der Waals surface area contributed by atoms with E-state index in [-0.39, 0.29) is 5.54 Å². The normalized spacial score (nSPS) is 17.2. The van der Waals surface area contributed by atoms with Gasteiger partial charge in [0.1, 0.15) is 0 Å². The quantitative estimate of drug-likeness (QED) is 0.384. The molecule has 0 spiro atoms. The van der Waals surface area contributed by atoms with Crippen LogP contribution in [0.5, 0.6) is 0 Å². The number of benzene rings is 3. The minimum absolute atomic E-state index is 0.126. The zero-order valence-electron chi connectivity index (χ0n) is 18.7. The third kappa shape index (κ3) is 3.53. The van der Waals surface area contributed by atoms with Gasteiger partial charge in [0.05, 0.1) is 0 Å². The fraction of sp³-hybridized carbons (Fsp3) is 0.172. The van der Waals surface area contributed by atoms with Gasteiger partial charge in [-0.25, -0.2) is 0 Å². The van der Waals surface area contributed by atoms with Gasteiger partial charge in [-0.2, -0.15) is 0 Å². The minimum Gasteiger partial charge on any atom is -0.380 e. The van der Waals surface area contributed by atoms with Crippen LogP contribution < -0.4 is 15.9 Å². The molecule has 0 saturated heterocycles. The molecule has 4 nitrogen and oxygen atoms in total. The number of anilines is 1. The van der Waals surface area contributed by atoms with Crippen molar-refractivity contribution in [3.8, 4) is 0 Å². The molecule has 1 unspecified atom stereocenters. The average molecular weight is 431 g/mol. The summed E-state index contributed by atoms with van der Waals surface area (Å²) in [6.45, 7) is 3.91. The number of rotatable bonds is 6. The second-order valence-corrected chi connectivity index (χ2v) is 9.06. The highest BCUT2D eigenvalue weighted by Crippen LogP contribution is 2.39. The number of nitrogens with zero attached hydrogens (tertiary/aromatic N) is 2. The van der Waals surface area contributed by atoms with E-state index in [4.69, 9.17) is 0 Å². The van der Waals surface area contributed by atoms with Crippen LogP contribution in [-0.4, -0.2) is 9.97 Å². The molecule has 2 aromatic heterocycles. The van der Waals surface area contributed by atoms with Gasteiger partial charge < -0.3 is 10.6 Å². The van der Waals surface area contributed by atoms with Crippen LogP contribution in [0.1, 0.15) is 30.0 Å². The molecular formula is C29H26N4. The molecule has 0 aliphatic heterocycles. The average Bonchev–Trinajstić information content (AvgIpc) is 2.87. The van der Waals surface area contributed by atoms with E-state index in [1.165, 1.54) is 49.1 Å². The summed E-state index contributed by atoms with van der Waals surface area (Å²) in [7, 11) is 0. The third-order valence-corrected chi connectivity index (χ3v) is 6.93. The summed E-state index contributed by atoms with van der Waals surface area (Å²) in [5.41, 5.74) is 4.89. The van der Waals surface area contributed by atoms with E-state index >= 15 is 0 Å². The Morgan fingerprint density at radius 3 is 2.21 bits per heavy atom. The van der Waals surface area contributed by atoms with Gasteiger partial charge in [-0.3, -0.25) is 9.97 Å². The maximum Gasteiger partial charge on any atom is 0.0450 e. The number of hydrogen-bond donors (Lipinski definition) is 2. The smallest absolute Gasteiger partial charge is 0.0450 e. The highest BCUT2D eigenvalue weighted by molar-refractivity contribution is 6.16. The Labute approximate surface area is 193 Å². The molecule has 1 aliphatic rings. The van der Waals surface area contributed by atoms with Crippen molar-refractivity contribution in [1.29, 1.82) is 0 Å². The Morgan fingerprint density at radius 2 is 1.45 bits per heavy atom. The molecule has 0 saturated carbocycles. The topological polar surface area (TPSA) is 49.8 Å². The maximum absolute atomic E-state index is 4.14. The predicted octanol–water partition coefficient (Wildman–Crippen LogP) is 5.30. The molecule has 5 aromatic rings. The standard InChI is InChI=1S/C29H26N4/c1-29(33-19-21-11-16-31-17-12-21)13-8-23-2-5-24-26(32-18-20-9-14-30-15-10-20)7-4-22-3-6-25(29)28(23)27(22)24/h2-12,14-17,32-33H,13,18-19H2,1H3. The molecule has 3 aromatic carbocycles. The number of hydrogen-bond acceptors (Lipinski definition) is 4. The molecule has 2 heterocycles. The van der Waals surface area contributed by atoms with Gasteiger partial charge in [-0.05, 0) is 81.7 Å². The van der Waals surface area contributed by atoms with Crippen molar-refractivity contribution in [2.75, 3.05) is 5.32 Å². The van der Waals surface area contributed by atoms with Crippen molar-refractivity contribution in [2.45, 2.75) is 32.0 Å². The molecule has 0 radical (unpaired) electrons. The lowest BCUT2D eigenvalue weighted by Gasteiger charge is -2.35. The molecule has 0 fully saturated rings. The molecular weight excluding hydrogens is 404 g/mol. The molecule has 2 N–H and O–H groups in total. The van der Waals surface area contributed by atoms with E-state index in [9.17, 15) is 0 Å². The van der Waals surface area contributed by atoms with E-state index in [0.29, 0.717) is 0 Å². The van der Waals surface area contributed by atoms with Crippen molar-refractivity contribution < 1.29 is 0 Å². The summed E-state index contributed by atoms with van der Waals surface area (Å²) < 4.78 is 0. The van der Waals surface area contributed by atoms with Crippen LogP contribution >= 0.6 is 0 Å². The SMILES string of the molecule is CC1(NCc2ccncc2)CC=c2ccc3c(NCc4ccncc4)ccc4ccc1c2c43. The Hall–Kier alpha value is -3.76. The molecule has 162 valence electrons. The Bertz CT molecular complexity index is 1500. The lowest BCUT2D eigenvalue weighted by atomic mass is 9.79. The maximum atomic E-state index is 4.14. The summed E-state index contributed by atoms with van der Waals surface area (Å²) in [4.78, 5) is 8.27. The summed E-state index contributed by atoms with van der Waals surface area (Å²) in [5, 5.41) is 14.1. The second kappa shape index (κ2) is 7.98. The molecule has 33 heavy (non-hydrogen) atoms.